The average molecular weight is 414 g/mol. The van der Waals surface area contributed by atoms with Crippen molar-refractivity contribution in [2.75, 3.05) is 0 Å². The summed E-state index contributed by atoms with van der Waals surface area (Å²) in [5.74, 6) is 0.423. The van der Waals surface area contributed by atoms with Crippen LogP contribution in [0.25, 0.3) is 46.5 Å². The molecule has 0 saturated heterocycles. The number of hydrogen-bond donors (Lipinski definition) is 0. The summed E-state index contributed by atoms with van der Waals surface area (Å²) in [7, 11) is 0. The van der Waals surface area contributed by atoms with Gasteiger partial charge in [-0.1, -0.05) is 67.6 Å². The van der Waals surface area contributed by atoms with E-state index in [4.69, 9.17) is 4.98 Å². The fourth-order valence-corrected chi connectivity index (χ4v) is 4.76. The summed E-state index contributed by atoms with van der Waals surface area (Å²) in [4.78, 5) is 5.03. The second-order valence-corrected chi connectivity index (χ2v) is 8.09. The number of pyridine rings is 1. The highest BCUT2D eigenvalue weighted by molar-refractivity contribution is 9.10. The minimum atomic E-state index is 0.423. The van der Waals surface area contributed by atoms with Crippen molar-refractivity contribution in [3.63, 3.8) is 0 Å². The summed E-state index contributed by atoms with van der Waals surface area (Å²) in [6.07, 6.45) is 16.0. The molecule has 0 fully saturated rings. The molecule has 3 aromatic rings. The summed E-state index contributed by atoms with van der Waals surface area (Å²) >= 11 is 3.90. The van der Waals surface area contributed by atoms with E-state index in [0.29, 0.717) is 5.92 Å². The maximum Gasteiger partial charge on any atom is 0.0722 e. The van der Waals surface area contributed by atoms with E-state index in [0.717, 1.165) is 24.1 Å². The number of aromatic nitrogens is 1. The van der Waals surface area contributed by atoms with Gasteiger partial charge < -0.3 is 0 Å². The Morgan fingerprint density at radius 2 is 1.63 bits per heavy atom. The van der Waals surface area contributed by atoms with Gasteiger partial charge in [-0.2, -0.15) is 0 Å². The first-order chi connectivity index (χ1) is 13.2. The van der Waals surface area contributed by atoms with E-state index in [-0.39, 0.29) is 0 Å². The molecule has 0 spiro atoms. The predicted molar refractivity (Wildman–Crippen MR) is 120 cm³/mol. The first-order valence-electron chi connectivity index (χ1n) is 9.51. The Morgan fingerprint density at radius 3 is 2.48 bits per heavy atom. The molecule has 2 aliphatic carbocycles. The largest absolute Gasteiger partial charge is 0.248 e. The minimum absolute atomic E-state index is 0.423. The molecule has 1 heterocycles. The van der Waals surface area contributed by atoms with Crippen molar-refractivity contribution in [2.45, 2.75) is 19.8 Å². The highest BCUT2D eigenvalue weighted by atomic mass is 79.9. The van der Waals surface area contributed by atoms with Gasteiger partial charge in [-0.15, -0.1) is 0 Å². The number of benzene rings is 2. The molecule has 2 aliphatic rings. The first kappa shape index (κ1) is 16.7. The summed E-state index contributed by atoms with van der Waals surface area (Å²) in [6.45, 7) is 2.22. The monoisotopic (exact) mass is 413 g/mol. The van der Waals surface area contributed by atoms with Crippen LogP contribution in [0.2, 0.25) is 0 Å². The molecular weight excluding hydrogens is 394 g/mol. The molecule has 2 aromatic carbocycles. The highest BCUT2D eigenvalue weighted by Crippen LogP contribution is 2.31. The zero-order chi connectivity index (χ0) is 18.4. The number of rotatable bonds is 1. The third-order valence-electron chi connectivity index (χ3n) is 5.44. The van der Waals surface area contributed by atoms with Gasteiger partial charge in [0.05, 0.1) is 11.2 Å². The van der Waals surface area contributed by atoms with Gasteiger partial charge in [-0.3, -0.25) is 0 Å². The zero-order valence-electron chi connectivity index (χ0n) is 15.2. The van der Waals surface area contributed by atoms with Crippen LogP contribution >= 0.6 is 15.9 Å². The van der Waals surface area contributed by atoms with Crippen LogP contribution in [0, 0.1) is 5.92 Å². The van der Waals surface area contributed by atoms with Gasteiger partial charge in [0.15, 0.2) is 0 Å². The molecular formula is C25H20BrN. The van der Waals surface area contributed by atoms with E-state index >= 15 is 0 Å². The fourth-order valence-electron chi connectivity index (χ4n) is 4.04. The van der Waals surface area contributed by atoms with Gasteiger partial charge in [0, 0.05) is 15.4 Å². The van der Waals surface area contributed by atoms with E-state index in [1.165, 1.54) is 37.0 Å². The van der Waals surface area contributed by atoms with Crippen LogP contribution in [-0.4, -0.2) is 4.98 Å². The van der Waals surface area contributed by atoms with Crippen LogP contribution in [0.15, 0.2) is 53.0 Å². The molecule has 5 rings (SSSR count). The van der Waals surface area contributed by atoms with Crippen molar-refractivity contribution in [3.8, 4) is 11.3 Å². The Hall–Kier alpha value is -2.45. The maximum absolute atomic E-state index is 5.03. The van der Waals surface area contributed by atoms with Gasteiger partial charge in [-0.05, 0) is 68.4 Å². The van der Waals surface area contributed by atoms with Crippen molar-refractivity contribution in [1.82, 2.24) is 4.98 Å². The van der Waals surface area contributed by atoms with Gasteiger partial charge in [0.1, 0.15) is 0 Å². The van der Waals surface area contributed by atoms with Crippen LogP contribution < -0.4 is 10.4 Å². The van der Waals surface area contributed by atoms with Gasteiger partial charge >= 0.3 is 0 Å². The number of hydrogen-bond acceptors (Lipinski definition) is 1. The molecule has 1 nitrogen and oxygen atoms in total. The average Bonchev–Trinajstić information content (AvgIpc) is 2.90. The standard InChI is InChI=1S/C25H20BrN/c1-16-10-13-19-21(14-11-16)25(26)20-8-4-3-7-18(20)24(19)23-15-12-17-6-2-5-9-22(17)27-23/h2,5-16H,3-4H2,1H3. The normalized spacial score (nSPS) is 17.6. The lowest BCUT2D eigenvalue weighted by Crippen LogP contribution is -2.32. The lowest BCUT2D eigenvalue weighted by molar-refractivity contribution is 0.954. The molecule has 1 unspecified atom stereocenters. The molecule has 0 bridgehead atoms. The Labute approximate surface area is 167 Å². The van der Waals surface area contributed by atoms with Crippen molar-refractivity contribution >= 4 is 51.1 Å². The van der Waals surface area contributed by atoms with Crippen LogP contribution in [0.1, 0.15) is 30.9 Å². The lowest BCUT2D eigenvalue weighted by atomic mass is 9.91. The van der Waals surface area contributed by atoms with E-state index < -0.39 is 0 Å². The highest BCUT2D eigenvalue weighted by Gasteiger charge is 2.18. The van der Waals surface area contributed by atoms with Crippen molar-refractivity contribution in [1.29, 1.82) is 0 Å². The number of nitrogens with zero attached hydrogens (tertiary/aromatic N) is 1. The van der Waals surface area contributed by atoms with Crippen molar-refractivity contribution in [3.05, 3.63) is 74.6 Å². The van der Waals surface area contributed by atoms with Crippen molar-refractivity contribution < 1.29 is 0 Å². The third kappa shape index (κ3) is 2.80. The summed E-state index contributed by atoms with van der Waals surface area (Å²) in [5.41, 5.74) is 5.86. The number of allylic oxidation sites excluding steroid dienone is 2. The fraction of sp³-hybridized carbons (Fsp3) is 0.160. The minimum Gasteiger partial charge on any atom is -0.248 e. The van der Waals surface area contributed by atoms with Crippen LogP contribution in [0.4, 0.5) is 0 Å². The van der Waals surface area contributed by atoms with Gasteiger partial charge in [0.25, 0.3) is 0 Å². The zero-order valence-corrected chi connectivity index (χ0v) is 16.8. The molecule has 0 aliphatic heterocycles. The summed E-state index contributed by atoms with van der Waals surface area (Å²) in [6, 6.07) is 12.7. The summed E-state index contributed by atoms with van der Waals surface area (Å²) in [5, 5.41) is 3.79. The first-order valence-corrected chi connectivity index (χ1v) is 10.3. The van der Waals surface area contributed by atoms with E-state index in [1.807, 2.05) is 0 Å². The van der Waals surface area contributed by atoms with Crippen LogP contribution in [-0.2, 0) is 0 Å². The Morgan fingerprint density at radius 1 is 0.889 bits per heavy atom. The van der Waals surface area contributed by atoms with E-state index in [1.54, 1.807) is 0 Å². The number of para-hydroxylation sites is 1. The number of halogens is 1. The summed E-state index contributed by atoms with van der Waals surface area (Å²) < 4.78 is 1.20. The maximum atomic E-state index is 5.03. The van der Waals surface area contributed by atoms with Gasteiger partial charge in [0.2, 0.25) is 0 Å². The molecule has 27 heavy (non-hydrogen) atoms. The second-order valence-electron chi connectivity index (χ2n) is 7.30. The lowest BCUT2D eigenvalue weighted by Gasteiger charge is -2.16. The third-order valence-corrected chi connectivity index (χ3v) is 6.30. The number of fused-ring (bicyclic) bond motifs is 3. The Balaban J connectivity index is 1.92. The molecule has 2 heteroatoms. The molecule has 1 aromatic heterocycles. The SMILES string of the molecule is CC1C=Cc2c(c(-c3ccc4ccccc4n3)c3c(c2Br)=CCCC=3)C=C1. The molecule has 0 N–H and O–H groups in total. The Kier molecular flexibility index (Phi) is 4.09. The van der Waals surface area contributed by atoms with Crippen LogP contribution in [0.3, 0.4) is 0 Å². The quantitative estimate of drug-likeness (QED) is 0.498. The molecule has 0 radical (unpaired) electrons. The van der Waals surface area contributed by atoms with Crippen LogP contribution in [0.5, 0.6) is 0 Å². The molecule has 132 valence electrons. The topological polar surface area (TPSA) is 12.9 Å². The Bertz CT molecular complexity index is 1250. The molecule has 0 saturated carbocycles. The second kappa shape index (κ2) is 6.61. The van der Waals surface area contributed by atoms with E-state index in [2.05, 4.69) is 95.7 Å². The van der Waals surface area contributed by atoms with Crippen molar-refractivity contribution in [2.24, 2.45) is 5.92 Å². The predicted octanol–water partition coefficient (Wildman–Crippen LogP) is 5.70. The molecule has 0 amide bonds. The molecule has 1 atom stereocenters. The smallest absolute Gasteiger partial charge is 0.0722 e. The van der Waals surface area contributed by atoms with E-state index in [9.17, 15) is 0 Å². The van der Waals surface area contributed by atoms with Gasteiger partial charge in [-0.25, -0.2) is 4.98 Å².